The van der Waals surface area contributed by atoms with Crippen molar-refractivity contribution in [2.24, 2.45) is 5.92 Å². The Morgan fingerprint density at radius 3 is 2.71 bits per heavy atom. The SMILES string of the molecule is CC(C)(C)OC(=O)N1C[C@@H](CNC(=O)c2cccc(CCl)c2)C[C@H]1C(=O)N1CCSC1. The summed E-state index contributed by atoms with van der Waals surface area (Å²) >= 11 is 7.57. The van der Waals surface area contributed by atoms with Gasteiger partial charge < -0.3 is 15.0 Å². The molecule has 31 heavy (non-hydrogen) atoms. The van der Waals surface area contributed by atoms with Gasteiger partial charge in [0.15, 0.2) is 0 Å². The summed E-state index contributed by atoms with van der Waals surface area (Å²) in [5, 5.41) is 2.94. The number of halogens is 1. The molecule has 7 nitrogen and oxygen atoms in total. The molecular weight excluding hydrogens is 438 g/mol. The minimum Gasteiger partial charge on any atom is -0.444 e. The van der Waals surface area contributed by atoms with Crippen LogP contribution >= 0.6 is 23.4 Å². The van der Waals surface area contributed by atoms with Crippen LogP contribution in [0.3, 0.4) is 0 Å². The second-order valence-electron chi connectivity index (χ2n) is 8.93. The Morgan fingerprint density at radius 2 is 2.06 bits per heavy atom. The predicted octanol–water partition coefficient (Wildman–Crippen LogP) is 3.31. The fourth-order valence-electron chi connectivity index (χ4n) is 3.76. The first kappa shape index (κ1) is 23.7. The molecule has 2 aliphatic heterocycles. The van der Waals surface area contributed by atoms with Gasteiger partial charge in [0.2, 0.25) is 5.91 Å². The monoisotopic (exact) mass is 467 g/mol. The van der Waals surface area contributed by atoms with E-state index in [1.54, 1.807) is 34.9 Å². The molecule has 0 saturated carbocycles. The fourth-order valence-corrected chi connectivity index (χ4v) is 4.88. The summed E-state index contributed by atoms with van der Waals surface area (Å²) < 4.78 is 5.54. The Hall–Kier alpha value is -1.93. The van der Waals surface area contributed by atoms with Gasteiger partial charge in [-0.25, -0.2) is 4.79 Å². The van der Waals surface area contributed by atoms with Gasteiger partial charge in [0.1, 0.15) is 11.6 Å². The van der Waals surface area contributed by atoms with Gasteiger partial charge in [0.05, 0.1) is 5.88 Å². The second kappa shape index (κ2) is 10.1. The van der Waals surface area contributed by atoms with Crippen LogP contribution in [0.1, 0.15) is 43.1 Å². The summed E-state index contributed by atoms with van der Waals surface area (Å²) in [6.45, 7) is 6.86. The molecule has 2 saturated heterocycles. The van der Waals surface area contributed by atoms with Crippen molar-refractivity contribution in [2.45, 2.75) is 44.7 Å². The number of ether oxygens (including phenoxy) is 1. The second-order valence-corrected chi connectivity index (χ2v) is 10.3. The normalized spacial score (nSPS) is 21.3. The number of carbonyl (C=O) groups excluding carboxylic acids is 3. The lowest BCUT2D eigenvalue weighted by atomic mass is 10.0. The number of carbonyl (C=O) groups is 3. The van der Waals surface area contributed by atoms with E-state index < -0.39 is 17.7 Å². The lowest BCUT2D eigenvalue weighted by Crippen LogP contribution is -2.48. The Balaban J connectivity index is 1.66. The van der Waals surface area contributed by atoms with E-state index in [0.717, 1.165) is 11.3 Å². The van der Waals surface area contributed by atoms with Crippen molar-refractivity contribution in [3.8, 4) is 0 Å². The molecule has 2 atom stereocenters. The molecule has 3 amide bonds. The van der Waals surface area contributed by atoms with Crippen molar-refractivity contribution in [1.29, 1.82) is 0 Å². The third kappa shape index (κ3) is 6.29. The summed E-state index contributed by atoms with van der Waals surface area (Å²) in [4.78, 5) is 41.7. The lowest BCUT2D eigenvalue weighted by Gasteiger charge is -2.29. The Morgan fingerprint density at radius 1 is 1.29 bits per heavy atom. The van der Waals surface area contributed by atoms with Crippen molar-refractivity contribution in [2.75, 3.05) is 31.3 Å². The molecule has 0 bridgehead atoms. The van der Waals surface area contributed by atoms with E-state index >= 15 is 0 Å². The van der Waals surface area contributed by atoms with E-state index in [-0.39, 0.29) is 17.7 Å². The molecule has 1 N–H and O–H groups in total. The molecule has 0 spiro atoms. The topological polar surface area (TPSA) is 79.0 Å². The van der Waals surface area contributed by atoms with Crippen LogP contribution in [0.5, 0.6) is 0 Å². The van der Waals surface area contributed by atoms with Crippen molar-refractivity contribution in [3.05, 3.63) is 35.4 Å². The maximum Gasteiger partial charge on any atom is 0.410 e. The lowest BCUT2D eigenvalue weighted by molar-refractivity contribution is -0.134. The zero-order valence-corrected chi connectivity index (χ0v) is 19.8. The van der Waals surface area contributed by atoms with Gasteiger partial charge >= 0.3 is 6.09 Å². The number of benzene rings is 1. The number of nitrogens with zero attached hydrogens (tertiary/aromatic N) is 2. The summed E-state index contributed by atoms with van der Waals surface area (Å²) in [6, 6.07) is 6.61. The van der Waals surface area contributed by atoms with Crippen LogP contribution in [0.15, 0.2) is 24.3 Å². The number of thioether (sulfide) groups is 1. The van der Waals surface area contributed by atoms with Crippen LogP contribution in [0.25, 0.3) is 0 Å². The van der Waals surface area contributed by atoms with Gasteiger partial charge in [0, 0.05) is 36.8 Å². The van der Waals surface area contributed by atoms with Crippen molar-refractivity contribution < 1.29 is 19.1 Å². The van der Waals surface area contributed by atoms with Gasteiger partial charge in [0.25, 0.3) is 5.91 Å². The standard InChI is InChI=1S/C22H30ClN3O4S/c1-22(2,3)30-21(29)26-13-16(10-18(26)20(28)25-7-8-31-14-25)12-24-19(27)17-6-4-5-15(9-17)11-23/h4-6,9,16,18H,7-8,10-14H2,1-3H3,(H,24,27)/t16-,18+/m1/s1. The van der Waals surface area contributed by atoms with E-state index in [9.17, 15) is 14.4 Å². The maximum absolute atomic E-state index is 13.1. The predicted molar refractivity (Wildman–Crippen MR) is 122 cm³/mol. The van der Waals surface area contributed by atoms with E-state index in [1.807, 2.05) is 26.8 Å². The Bertz CT molecular complexity index is 823. The molecule has 2 fully saturated rings. The number of hydrogen-bond acceptors (Lipinski definition) is 5. The fraction of sp³-hybridized carbons (Fsp3) is 0.591. The number of amides is 3. The summed E-state index contributed by atoms with van der Waals surface area (Å²) in [7, 11) is 0. The quantitative estimate of drug-likeness (QED) is 0.672. The molecule has 0 aromatic heterocycles. The molecule has 1 aromatic rings. The number of likely N-dealkylation sites (tertiary alicyclic amines) is 1. The zero-order valence-electron chi connectivity index (χ0n) is 18.2. The largest absolute Gasteiger partial charge is 0.444 e. The molecule has 1 aromatic carbocycles. The molecule has 170 valence electrons. The molecular formula is C22H30ClN3O4S. The van der Waals surface area contributed by atoms with Crippen LogP contribution < -0.4 is 5.32 Å². The van der Waals surface area contributed by atoms with Crippen molar-refractivity contribution in [3.63, 3.8) is 0 Å². The summed E-state index contributed by atoms with van der Waals surface area (Å²) in [5.41, 5.74) is 0.774. The highest BCUT2D eigenvalue weighted by atomic mass is 35.5. The van der Waals surface area contributed by atoms with E-state index in [0.29, 0.717) is 43.4 Å². The number of nitrogens with one attached hydrogen (secondary N) is 1. The highest BCUT2D eigenvalue weighted by Gasteiger charge is 2.43. The van der Waals surface area contributed by atoms with Crippen LogP contribution in [0, 0.1) is 5.92 Å². The molecule has 0 unspecified atom stereocenters. The van der Waals surface area contributed by atoms with Crippen LogP contribution in [0.4, 0.5) is 4.79 Å². The van der Waals surface area contributed by atoms with Gasteiger partial charge in [-0.3, -0.25) is 14.5 Å². The van der Waals surface area contributed by atoms with E-state index in [2.05, 4.69) is 5.32 Å². The number of hydrogen-bond donors (Lipinski definition) is 1. The van der Waals surface area contributed by atoms with Gasteiger partial charge in [-0.1, -0.05) is 12.1 Å². The Labute approximate surface area is 192 Å². The zero-order chi connectivity index (χ0) is 22.6. The van der Waals surface area contributed by atoms with Gasteiger partial charge in [-0.15, -0.1) is 23.4 Å². The minimum absolute atomic E-state index is 0.0307. The van der Waals surface area contributed by atoms with E-state index in [1.165, 1.54) is 4.90 Å². The average molecular weight is 468 g/mol. The first-order chi connectivity index (χ1) is 14.7. The molecule has 3 rings (SSSR count). The first-order valence-electron chi connectivity index (χ1n) is 10.5. The summed E-state index contributed by atoms with van der Waals surface area (Å²) in [5.74, 6) is 1.63. The smallest absolute Gasteiger partial charge is 0.410 e. The highest BCUT2D eigenvalue weighted by molar-refractivity contribution is 7.99. The van der Waals surface area contributed by atoms with Crippen molar-refractivity contribution >= 4 is 41.3 Å². The molecule has 0 radical (unpaired) electrons. The minimum atomic E-state index is -0.645. The van der Waals surface area contributed by atoms with Gasteiger partial charge in [-0.2, -0.15) is 0 Å². The molecule has 0 aliphatic carbocycles. The van der Waals surface area contributed by atoms with Crippen molar-refractivity contribution in [1.82, 2.24) is 15.1 Å². The maximum atomic E-state index is 13.1. The Kier molecular flexibility index (Phi) is 7.75. The molecule has 9 heteroatoms. The third-order valence-electron chi connectivity index (χ3n) is 5.26. The first-order valence-corrected chi connectivity index (χ1v) is 12.2. The molecule has 2 aliphatic rings. The summed E-state index contributed by atoms with van der Waals surface area (Å²) in [6.07, 6.45) is 0.0164. The average Bonchev–Trinajstić information content (AvgIpc) is 3.40. The van der Waals surface area contributed by atoms with Crippen LogP contribution in [-0.2, 0) is 15.4 Å². The number of rotatable bonds is 5. The molecule has 2 heterocycles. The third-order valence-corrected chi connectivity index (χ3v) is 6.53. The van der Waals surface area contributed by atoms with E-state index in [4.69, 9.17) is 16.3 Å². The highest BCUT2D eigenvalue weighted by Crippen LogP contribution is 2.28. The number of alkyl halides is 1. The van der Waals surface area contributed by atoms with Crippen LogP contribution in [0.2, 0.25) is 0 Å². The van der Waals surface area contributed by atoms with Gasteiger partial charge in [-0.05, 0) is 50.8 Å². The van der Waals surface area contributed by atoms with Crippen LogP contribution in [-0.4, -0.2) is 70.6 Å².